The van der Waals surface area contributed by atoms with Gasteiger partial charge in [-0.05, 0) is 12.5 Å². The fourth-order valence-corrected chi connectivity index (χ4v) is 2.87. The maximum atomic E-state index is 12.0. The average molecular weight is 382 g/mol. The van der Waals surface area contributed by atoms with E-state index < -0.39 is 28.4 Å². The van der Waals surface area contributed by atoms with E-state index in [4.69, 9.17) is 11.5 Å². The van der Waals surface area contributed by atoms with Crippen LogP contribution in [0.15, 0.2) is 17.2 Å². The normalized spacial score (nSPS) is 12.2. The van der Waals surface area contributed by atoms with Crippen LogP contribution in [0.1, 0.15) is 36.7 Å². The van der Waals surface area contributed by atoms with Crippen molar-refractivity contribution >= 4 is 34.2 Å². The third kappa shape index (κ3) is 6.87. The number of halogens is 1. The molecule has 7 N–H and O–H groups in total. The number of unbranched alkanes of at least 4 members (excludes halogenated alkanes) is 1. The molecule has 2 amide bonds. The van der Waals surface area contributed by atoms with Gasteiger partial charge in [0.1, 0.15) is 10.6 Å². The molecule has 1 heterocycles. The van der Waals surface area contributed by atoms with E-state index in [1.165, 1.54) is 0 Å². The molecule has 9 nitrogen and oxygen atoms in total. The number of aromatic amines is 1. The lowest BCUT2D eigenvalue weighted by atomic mass is 10.1. The lowest BCUT2D eigenvalue weighted by molar-refractivity contribution is -0.120. The topological polar surface area (TPSA) is 160 Å². The molecule has 1 aromatic heterocycles. The van der Waals surface area contributed by atoms with Crippen LogP contribution in [0, 0.1) is 0 Å². The molecular formula is C13H24ClN5O4S. The fourth-order valence-electron chi connectivity index (χ4n) is 1.89. The summed E-state index contributed by atoms with van der Waals surface area (Å²) in [7, 11) is -3.91. The average Bonchev–Trinajstić information content (AvgIpc) is 3.00. The van der Waals surface area contributed by atoms with Crippen molar-refractivity contribution in [3.63, 3.8) is 0 Å². The van der Waals surface area contributed by atoms with Crippen LogP contribution in [0.5, 0.6) is 0 Å². The number of carbonyl (C=O) groups is 2. The van der Waals surface area contributed by atoms with E-state index in [0.717, 1.165) is 31.5 Å². The SMILES string of the molecule is CCCCC(CN)NC(=O)CNS(=O)(=O)c1c[nH]c(C(N)=O)c1.Cl. The van der Waals surface area contributed by atoms with Gasteiger partial charge in [-0.3, -0.25) is 9.59 Å². The quantitative estimate of drug-likeness (QED) is 0.367. The van der Waals surface area contributed by atoms with E-state index in [9.17, 15) is 18.0 Å². The number of aromatic nitrogens is 1. The molecule has 138 valence electrons. The molecule has 11 heteroatoms. The Balaban J connectivity index is 0.00000529. The van der Waals surface area contributed by atoms with Crippen molar-refractivity contribution in [2.75, 3.05) is 13.1 Å². The summed E-state index contributed by atoms with van der Waals surface area (Å²) < 4.78 is 26.2. The van der Waals surface area contributed by atoms with Crippen molar-refractivity contribution < 1.29 is 18.0 Å². The lowest BCUT2D eigenvalue weighted by Crippen LogP contribution is -2.45. The molecule has 0 aliphatic rings. The van der Waals surface area contributed by atoms with Crippen molar-refractivity contribution in [3.05, 3.63) is 18.0 Å². The molecular weight excluding hydrogens is 358 g/mol. The summed E-state index contributed by atoms with van der Waals surface area (Å²) in [5, 5.41) is 2.68. The predicted octanol–water partition coefficient (Wildman–Crippen LogP) is -0.553. The van der Waals surface area contributed by atoms with Crippen molar-refractivity contribution in [1.29, 1.82) is 0 Å². The van der Waals surface area contributed by atoms with E-state index in [2.05, 4.69) is 15.0 Å². The van der Waals surface area contributed by atoms with Crippen molar-refractivity contribution in [3.8, 4) is 0 Å². The molecule has 0 aromatic carbocycles. The zero-order valence-corrected chi connectivity index (χ0v) is 15.0. The van der Waals surface area contributed by atoms with Gasteiger partial charge in [-0.1, -0.05) is 19.8 Å². The summed E-state index contributed by atoms with van der Waals surface area (Å²) in [6, 6.07) is 0.924. The largest absolute Gasteiger partial charge is 0.364 e. The first-order valence-corrected chi connectivity index (χ1v) is 8.75. The summed E-state index contributed by atoms with van der Waals surface area (Å²) in [4.78, 5) is 25.0. The van der Waals surface area contributed by atoms with Gasteiger partial charge in [0.15, 0.2) is 0 Å². The van der Waals surface area contributed by atoms with Gasteiger partial charge in [0, 0.05) is 18.8 Å². The molecule has 0 saturated heterocycles. The molecule has 0 fully saturated rings. The number of rotatable bonds is 10. The van der Waals surface area contributed by atoms with Crippen LogP contribution in [0.3, 0.4) is 0 Å². The van der Waals surface area contributed by atoms with E-state index in [1.54, 1.807) is 0 Å². The van der Waals surface area contributed by atoms with Crippen LogP contribution in [-0.2, 0) is 14.8 Å². The minimum Gasteiger partial charge on any atom is -0.364 e. The zero-order chi connectivity index (χ0) is 17.5. The number of carbonyl (C=O) groups excluding carboxylic acids is 2. The van der Waals surface area contributed by atoms with Gasteiger partial charge in [0.25, 0.3) is 5.91 Å². The summed E-state index contributed by atoms with van der Waals surface area (Å²) in [5.74, 6) is -1.24. The maximum Gasteiger partial charge on any atom is 0.265 e. The molecule has 0 radical (unpaired) electrons. The lowest BCUT2D eigenvalue weighted by Gasteiger charge is -2.16. The molecule has 1 rings (SSSR count). The van der Waals surface area contributed by atoms with Crippen molar-refractivity contribution in [1.82, 2.24) is 15.0 Å². The van der Waals surface area contributed by atoms with Gasteiger partial charge in [-0.25, -0.2) is 13.1 Å². The molecule has 24 heavy (non-hydrogen) atoms. The Morgan fingerprint density at radius 1 is 1.38 bits per heavy atom. The molecule has 1 atom stereocenters. The van der Waals surface area contributed by atoms with Gasteiger partial charge < -0.3 is 21.8 Å². The Hall–Kier alpha value is -1.62. The zero-order valence-electron chi connectivity index (χ0n) is 13.4. The number of hydrogen-bond acceptors (Lipinski definition) is 5. The first-order valence-electron chi connectivity index (χ1n) is 7.27. The number of nitrogens with one attached hydrogen (secondary N) is 3. The van der Waals surface area contributed by atoms with E-state index >= 15 is 0 Å². The monoisotopic (exact) mass is 381 g/mol. The minimum absolute atomic E-state index is 0. The minimum atomic E-state index is -3.91. The summed E-state index contributed by atoms with van der Waals surface area (Å²) in [6.07, 6.45) is 3.78. The van der Waals surface area contributed by atoms with E-state index in [-0.39, 0.29) is 35.6 Å². The number of primary amides is 1. The second-order valence-electron chi connectivity index (χ2n) is 5.08. The summed E-state index contributed by atoms with van der Waals surface area (Å²) in [5.41, 5.74) is 10.6. The first kappa shape index (κ1) is 22.4. The molecule has 0 aliphatic heterocycles. The Bertz CT molecular complexity index is 647. The van der Waals surface area contributed by atoms with Gasteiger partial charge >= 0.3 is 0 Å². The standard InChI is InChI=1S/C13H23N5O4S.ClH/c1-2-3-4-9(6-14)18-12(19)8-17-23(21,22)10-5-11(13(15)20)16-7-10;/h5,7,9,16-17H,2-4,6,8,14H2,1H3,(H2,15,20)(H,18,19);1H. The predicted molar refractivity (Wildman–Crippen MR) is 92.3 cm³/mol. The second kappa shape index (κ2) is 10.3. The van der Waals surface area contributed by atoms with Gasteiger partial charge in [-0.15, -0.1) is 12.4 Å². The highest BCUT2D eigenvalue weighted by molar-refractivity contribution is 7.89. The summed E-state index contributed by atoms with van der Waals surface area (Å²) in [6.45, 7) is 1.90. The van der Waals surface area contributed by atoms with Crippen LogP contribution in [0.25, 0.3) is 0 Å². The number of H-pyrrole nitrogens is 1. The highest BCUT2D eigenvalue weighted by Gasteiger charge is 2.19. The van der Waals surface area contributed by atoms with Crippen LogP contribution in [0.2, 0.25) is 0 Å². The van der Waals surface area contributed by atoms with Gasteiger partial charge in [0.2, 0.25) is 15.9 Å². The summed E-state index contributed by atoms with van der Waals surface area (Å²) >= 11 is 0. The van der Waals surface area contributed by atoms with Crippen molar-refractivity contribution in [2.24, 2.45) is 11.5 Å². The highest BCUT2D eigenvalue weighted by atomic mass is 35.5. The molecule has 1 aromatic rings. The Kier molecular flexibility index (Phi) is 9.59. The third-order valence-corrected chi connectivity index (χ3v) is 4.59. The number of sulfonamides is 1. The number of hydrogen-bond donors (Lipinski definition) is 5. The van der Waals surface area contributed by atoms with Crippen molar-refractivity contribution in [2.45, 2.75) is 37.1 Å². The van der Waals surface area contributed by atoms with Gasteiger partial charge in [-0.2, -0.15) is 0 Å². The highest BCUT2D eigenvalue weighted by Crippen LogP contribution is 2.09. The van der Waals surface area contributed by atoms with Crippen LogP contribution < -0.4 is 21.5 Å². The van der Waals surface area contributed by atoms with E-state index in [1.807, 2.05) is 6.92 Å². The Morgan fingerprint density at radius 3 is 2.54 bits per heavy atom. The number of amides is 2. The Labute approximate surface area is 147 Å². The Morgan fingerprint density at radius 2 is 2.04 bits per heavy atom. The molecule has 1 unspecified atom stereocenters. The molecule has 0 spiro atoms. The fraction of sp³-hybridized carbons (Fsp3) is 0.538. The van der Waals surface area contributed by atoms with Gasteiger partial charge in [0.05, 0.1) is 6.54 Å². The molecule has 0 saturated carbocycles. The van der Waals surface area contributed by atoms with Crippen LogP contribution in [-0.4, -0.2) is 44.3 Å². The molecule has 0 bridgehead atoms. The smallest absolute Gasteiger partial charge is 0.265 e. The first-order chi connectivity index (χ1) is 10.8. The number of nitrogens with two attached hydrogens (primary N) is 2. The van der Waals surface area contributed by atoms with Crippen LogP contribution >= 0.6 is 12.4 Å². The third-order valence-electron chi connectivity index (χ3n) is 3.21. The van der Waals surface area contributed by atoms with Crippen LogP contribution in [0.4, 0.5) is 0 Å². The van der Waals surface area contributed by atoms with E-state index in [0.29, 0.717) is 0 Å². The maximum absolute atomic E-state index is 12.0. The molecule has 0 aliphatic carbocycles. The second-order valence-corrected chi connectivity index (χ2v) is 6.85.